The molecular formula is C13H19NO2. The molecule has 1 unspecified atom stereocenters. The molecule has 1 aromatic carbocycles. The summed E-state index contributed by atoms with van der Waals surface area (Å²) >= 11 is 0. The Labute approximate surface area is 96.5 Å². The molecule has 88 valence electrons. The van der Waals surface area contributed by atoms with Crippen LogP contribution in [0.15, 0.2) is 18.2 Å². The molecule has 0 aliphatic rings. The van der Waals surface area contributed by atoms with Gasteiger partial charge in [0.15, 0.2) is 0 Å². The van der Waals surface area contributed by atoms with Crippen molar-refractivity contribution in [2.24, 2.45) is 0 Å². The second-order valence-corrected chi connectivity index (χ2v) is 4.28. The molecule has 0 radical (unpaired) electrons. The van der Waals surface area contributed by atoms with Crippen LogP contribution in [-0.2, 0) is 10.3 Å². The Bertz CT molecular complexity index is 401. The Hall–Kier alpha value is -1.35. The zero-order valence-corrected chi connectivity index (χ0v) is 10.3. The quantitative estimate of drug-likeness (QED) is 0.819. The molecule has 1 atom stereocenters. The Kier molecular flexibility index (Phi) is 3.70. The first kappa shape index (κ1) is 12.7. The van der Waals surface area contributed by atoms with E-state index in [0.29, 0.717) is 6.54 Å². The third-order valence-electron chi connectivity index (χ3n) is 2.89. The van der Waals surface area contributed by atoms with Crippen molar-refractivity contribution in [3.8, 4) is 0 Å². The van der Waals surface area contributed by atoms with E-state index in [-0.39, 0.29) is 0 Å². The van der Waals surface area contributed by atoms with E-state index in [0.717, 1.165) is 16.7 Å². The van der Waals surface area contributed by atoms with Crippen molar-refractivity contribution in [1.29, 1.82) is 0 Å². The van der Waals surface area contributed by atoms with Gasteiger partial charge in [-0.2, -0.15) is 0 Å². The van der Waals surface area contributed by atoms with Crippen LogP contribution in [0.1, 0.15) is 30.5 Å². The molecule has 0 aromatic heterocycles. The van der Waals surface area contributed by atoms with Crippen molar-refractivity contribution < 1.29 is 9.90 Å². The molecule has 3 heteroatoms. The molecule has 0 fully saturated rings. The minimum absolute atomic E-state index is 0.621. The largest absolute Gasteiger partial charge is 0.480 e. The predicted octanol–water partition coefficient (Wildman–Crippen LogP) is 2.21. The van der Waals surface area contributed by atoms with Gasteiger partial charge in [0.05, 0.1) is 0 Å². The van der Waals surface area contributed by atoms with Gasteiger partial charge in [-0.05, 0) is 38.4 Å². The lowest BCUT2D eigenvalue weighted by atomic mass is 9.87. The lowest BCUT2D eigenvalue weighted by molar-refractivity contribution is -0.144. The first-order valence-corrected chi connectivity index (χ1v) is 5.48. The summed E-state index contributed by atoms with van der Waals surface area (Å²) in [6.45, 7) is 8.15. The van der Waals surface area contributed by atoms with Crippen LogP contribution in [0.4, 0.5) is 0 Å². The summed E-state index contributed by atoms with van der Waals surface area (Å²) in [4.78, 5) is 11.4. The van der Waals surface area contributed by atoms with E-state index >= 15 is 0 Å². The minimum atomic E-state index is -1.01. The van der Waals surface area contributed by atoms with E-state index in [1.807, 2.05) is 39.0 Å². The van der Waals surface area contributed by atoms with E-state index in [2.05, 4.69) is 5.32 Å². The van der Waals surface area contributed by atoms with Crippen molar-refractivity contribution in [1.82, 2.24) is 5.32 Å². The normalized spacial score (nSPS) is 14.5. The zero-order valence-electron chi connectivity index (χ0n) is 10.3. The van der Waals surface area contributed by atoms with Crippen molar-refractivity contribution in [3.63, 3.8) is 0 Å². The van der Waals surface area contributed by atoms with E-state index in [1.54, 1.807) is 6.92 Å². The number of aliphatic carboxylic acids is 1. The summed E-state index contributed by atoms with van der Waals surface area (Å²) in [6, 6.07) is 5.89. The fraction of sp³-hybridized carbons (Fsp3) is 0.462. The van der Waals surface area contributed by atoms with Crippen LogP contribution < -0.4 is 5.32 Å². The van der Waals surface area contributed by atoms with Gasteiger partial charge in [0.2, 0.25) is 0 Å². The number of carbonyl (C=O) groups is 1. The Morgan fingerprint density at radius 1 is 1.44 bits per heavy atom. The molecule has 16 heavy (non-hydrogen) atoms. The highest BCUT2D eigenvalue weighted by atomic mass is 16.4. The maximum Gasteiger partial charge on any atom is 0.328 e. The molecule has 1 aromatic rings. The molecule has 2 N–H and O–H groups in total. The second-order valence-electron chi connectivity index (χ2n) is 4.28. The van der Waals surface area contributed by atoms with Gasteiger partial charge in [0.1, 0.15) is 5.54 Å². The highest BCUT2D eigenvalue weighted by Crippen LogP contribution is 2.25. The van der Waals surface area contributed by atoms with Crippen molar-refractivity contribution in [2.45, 2.75) is 33.2 Å². The summed E-state index contributed by atoms with van der Waals surface area (Å²) in [5.41, 5.74) is 1.90. The Morgan fingerprint density at radius 3 is 2.56 bits per heavy atom. The van der Waals surface area contributed by atoms with Gasteiger partial charge in [-0.15, -0.1) is 0 Å². The Morgan fingerprint density at radius 2 is 2.06 bits per heavy atom. The summed E-state index contributed by atoms with van der Waals surface area (Å²) in [6.07, 6.45) is 0. The van der Waals surface area contributed by atoms with E-state index < -0.39 is 11.5 Å². The molecule has 0 amide bonds. The predicted molar refractivity (Wildman–Crippen MR) is 64.6 cm³/mol. The second kappa shape index (κ2) is 4.66. The molecule has 3 nitrogen and oxygen atoms in total. The molecular weight excluding hydrogens is 202 g/mol. The van der Waals surface area contributed by atoms with Crippen LogP contribution in [-0.4, -0.2) is 17.6 Å². The Balaban J connectivity index is 3.31. The number of hydrogen-bond donors (Lipinski definition) is 2. The van der Waals surface area contributed by atoms with Gasteiger partial charge in [0, 0.05) is 0 Å². The molecule has 0 heterocycles. The first-order valence-electron chi connectivity index (χ1n) is 5.48. The molecule has 0 spiro atoms. The highest BCUT2D eigenvalue weighted by molar-refractivity contribution is 5.80. The minimum Gasteiger partial charge on any atom is -0.480 e. The molecule has 0 bridgehead atoms. The molecule has 1 rings (SSSR count). The number of aryl methyl sites for hydroxylation is 2. The molecule has 0 saturated heterocycles. The number of benzene rings is 1. The van der Waals surface area contributed by atoms with Crippen LogP contribution in [0.2, 0.25) is 0 Å². The fourth-order valence-electron chi connectivity index (χ4n) is 1.91. The highest BCUT2D eigenvalue weighted by Gasteiger charge is 2.35. The number of likely N-dealkylation sites (N-methyl/N-ethyl adjacent to an activating group) is 1. The molecule has 0 saturated carbocycles. The maximum absolute atomic E-state index is 11.4. The van der Waals surface area contributed by atoms with Crippen LogP contribution in [0.25, 0.3) is 0 Å². The van der Waals surface area contributed by atoms with Crippen molar-refractivity contribution >= 4 is 5.97 Å². The fourth-order valence-corrected chi connectivity index (χ4v) is 1.91. The number of hydrogen-bond acceptors (Lipinski definition) is 2. The molecule has 0 aliphatic heterocycles. The lowest BCUT2D eigenvalue weighted by Crippen LogP contribution is -2.47. The van der Waals surface area contributed by atoms with Gasteiger partial charge in [0.25, 0.3) is 0 Å². The van der Waals surface area contributed by atoms with Crippen LogP contribution in [0, 0.1) is 13.8 Å². The average molecular weight is 221 g/mol. The SMILES string of the molecule is CCNC(C)(C(=O)O)c1cc(C)ccc1C. The van der Waals surface area contributed by atoms with Crippen LogP contribution in [0.3, 0.4) is 0 Å². The smallest absolute Gasteiger partial charge is 0.328 e. The topological polar surface area (TPSA) is 49.3 Å². The monoisotopic (exact) mass is 221 g/mol. The first-order chi connectivity index (χ1) is 7.41. The number of nitrogens with one attached hydrogen (secondary N) is 1. The van der Waals surface area contributed by atoms with Crippen LogP contribution >= 0.6 is 0 Å². The average Bonchev–Trinajstić information content (AvgIpc) is 2.21. The van der Waals surface area contributed by atoms with E-state index in [4.69, 9.17) is 0 Å². The number of carboxylic acid groups (broad SMARTS) is 1. The molecule has 0 aliphatic carbocycles. The van der Waals surface area contributed by atoms with Gasteiger partial charge in [-0.25, -0.2) is 4.79 Å². The summed E-state index contributed by atoms with van der Waals surface area (Å²) in [7, 11) is 0. The van der Waals surface area contributed by atoms with Gasteiger partial charge < -0.3 is 5.11 Å². The zero-order chi connectivity index (χ0) is 12.3. The van der Waals surface area contributed by atoms with Crippen molar-refractivity contribution in [2.75, 3.05) is 6.54 Å². The van der Waals surface area contributed by atoms with Gasteiger partial charge in [-0.3, -0.25) is 5.32 Å². The summed E-state index contributed by atoms with van der Waals surface area (Å²) in [5, 5.41) is 12.4. The van der Waals surface area contributed by atoms with Gasteiger partial charge >= 0.3 is 5.97 Å². The van der Waals surface area contributed by atoms with Gasteiger partial charge in [-0.1, -0.05) is 30.7 Å². The standard InChI is InChI=1S/C13H19NO2/c1-5-14-13(4,12(15)16)11-8-9(2)6-7-10(11)3/h6-8,14H,5H2,1-4H3,(H,15,16). The van der Waals surface area contributed by atoms with Crippen molar-refractivity contribution in [3.05, 3.63) is 34.9 Å². The summed E-state index contributed by atoms with van der Waals surface area (Å²) in [5.74, 6) is -0.844. The van der Waals surface area contributed by atoms with E-state index in [1.165, 1.54) is 0 Å². The maximum atomic E-state index is 11.4. The summed E-state index contributed by atoms with van der Waals surface area (Å²) < 4.78 is 0. The third kappa shape index (κ3) is 2.25. The van der Waals surface area contributed by atoms with E-state index in [9.17, 15) is 9.90 Å². The van der Waals surface area contributed by atoms with Crippen LogP contribution in [0.5, 0.6) is 0 Å². The number of carboxylic acids is 1. The lowest BCUT2D eigenvalue weighted by Gasteiger charge is -2.28. The third-order valence-corrected chi connectivity index (χ3v) is 2.89. The number of rotatable bonds is 4.